The third-order valence-electron chi connectivity index (χ3n) is 5.34. The van der Waals surface area contributed by atoms with Crippen LogP contribution in [0.2, 0.25) is 5.02 Å². The van der Waals surface area contributed by atoms with E-state index >= 15 is 0 Å². The number of oxazole rings is 1. The molecule has 0 aliphatic carbocycles. The van der Waals surface area contributed by atoms with Gasteiger partial charge in [0.25, 0.3) is 0 Å². The van der Waals surface area contributed by atoms with Crippen molar-refractivity contribution >= 4 is 29.2 Å². The van der Waals surface area contributed by atoms with Crippen LogP contribution in [0.3, 0.4) is 0 Å². The van der Waals surface area contributed by atoms with Gasteiger partial charge < -0.3 is 20.0 Å². The predicted octanol–water partition coefficient (Wildman–Crippen LogP) is 5.98. The van der Waals surface area contributed by atoms with Crippen LogP contribution in [0.1, 0.15) is 16.8 Å². The molecule has 4 aromatic rings. The number of aliphatic hydroxyl groups is 1. The van der Waals surface area contributed by atoms with E-state index in [1.54, 1.807) is 24.3 Å². The Bertz CT molecular complexity index is 1560. The second-order valence-electron chi connectivity index (χ2n) is 7.98. The van der Waals surface area contributed by atoms with Gasteiger partial charge in [-0.05, 0) is 42.0 Å². The van der Waals surface area contributed by atoms with Crippen molar-refractivity contribution < 1.29 is 27.4 Å². The molecule has 0 fully saturated rings. The van der Waals surface area contributed by atoms with E-state index in [2.05, 4.69) is 16.0 Å². The Labute approximate surface area is 229 Å². The van der Waals surface area contributed by atoms with Gasteiger partial charge in [0.1, 0.15) is 47.2 Å². The molecule has 3 N–H and O–H groups in total. The van der Waals surface area contributed by atoms with Crippen LogP contribution >= 0.6 is 23.4 Å². The minimum absolute atomic E-state index is 0.0245. The number of thioether (sulfide) groups is 1. The van der Waals surface area contributed by atoms with Crippen molar-refractivity contribution in [3.05, 3.63) is 76.6 Å². The summed E-state index contributed by atoms with van der Waals surface area (Å²) in [5, 5.41) is 29.6. The van der Waals surface area contributed by atoms with Crippen LogP contribution in [0, 0.1) is 22.7 Å². The second kappa shape index (κ2) is 11.7. The Morgan fingerprint density at radius 1 is 1.03 bits per heavy atom. The van der Waals surface area contributed by atoms with Crippen molar-refractivity contribution in [2.45, 2.75) is 23.1 Å². The van der Waals surface area contributed by atoms with Crippen LogP contribution in [0.5, 0.6) is 5.75 Å². The molecule has 13 heteroatoms. The highest BCUT2D eigenvalue weighted by Crippen LogP contribution is 2.37. The number of pyridine rings is 1. The molecular formula is C26H17ClF3N5O3S. The maximum absolute atomic E-state index is 12.5. The van der Waals surface area contributed by atoms with Gasteiger partial charge in [-0.25, -0.2) is 9.97 Å². The van der Waals surface area contributed by atoms with Gasteiger partial charge in [-0.3, -0.25) is 0 Å². The Kier molecular flexibility index (Phi) is 8.31. The lowest BCUT2D eigenvalue weighted by Gasteiger charge is -2.16. The second-order valence-corrected chi connectivity index (χ2v) is 9.38. The topological polar surface area (TPSA) is 142 Å². The molecule has 0 saturated heterocycles. The molecule has 8 nitrogen and oxygen atoms in total. The van der Waals surface area contributed by atoms with Crippen LogP contribution in [-0.2, 0) is 5.75 Å². The van der Waals surface area contributed by atoms with E-state index in [0.29, 0.717) is 22.2 Å². The highest BCUT2D eigenvalue weighted by molar-refractivity contribution is 7.98. The Balaban J connectivity index is 1.58. The first-order valence-corrected chi connectivity index (χ1v) is 12.4. The Morgan fingerprint density at radius 2 is 1.67 bits per heavy atom. The average Bonchev–Trinajstić information content (AvgIpc) is 3.39. The first-order valence-electron chi connectivity index (χ1n) is 11.1. The molecule has 0 aliphatic rings. The summed E-state index contributed by atoms with van der Waals surface area (Å²) < 4.78 is 48.1. The van der Waals surface area contributed by atoms with Gasteiger partial charge in [0.15, 0.2) is 6.10 Å². The molecule has 0 aliphatic heterocycles. The summed E-state index contributed by atoms with van der Waals surface area (Å²) >= 11 is 7.09. The number of alkyl halides is 3. The lowest BCUT2D eigenvalue weighted by atomic mass is 9.97. The van der Waals surface area contributed by atoms with Gasteiger partial charge >= 0.3 is 6.18 Å². The highest BCUT2D eigenvalue weighted by atomic mass is 35.5. The van der Waals surface area contributed by atoms with Crippen LogP contribution in [0.4, 0.5) is 19.0 Å². The number of nitrogens with two attached hydrogens (primary N) is 1. The van der Waals surface area contributed by atoms with Crippen LogP contribution in [0.25, 0.3) is 22.6 Å². The number of nitrogens with zero attached hydrogens (tertiary/aromatic N) is 4. The molecule has 4 rings (SSSR count). The van der Waals surface area contributed by atoms with Crippen LogP contribution < -0.4 is 10.5 Å². The number of halogens is 4. The zero-order valence-electron chi connectivity index (χ0n) is 19.7. The summed E-state index contributed by atoms with van der Waals surface area (Å²) in [7, 11) is 0. The smallest absolute Gasteiger partial charge is 0.417 e. The maximum Gasteiger partial charge on any atom is 0.417 e. The minimum Gasteiger partial charge on any atom is -0.491 e. The third-order valence-corrected chi connectivity index (χ3v) is 6.60. The number of hydrogen-bond donors (Lipinski definition) is 2. The van der Waals surface area contributed by atoms with Crippen molar-refractivity contribution in [2.24, 2.45) is 0 Å². The number of aliphatic hydroxyl groups excluding tert-OH is 1. The molecule has 0 saturated carbocycles. The van der Waals surface area contributed by atoms with Gasteiger partial charge in [0.05, 0.1) is 11.3 Å². The van der Waals surface area contributed by atoms with Gasteiger partial charge in [-0.15, -0.1) is 0 Å². The fourth-order valence-corrected chi connectivity index (χ4v) is 4.42. The SMILES string of the molecule is N#Cc1c(N)nc(SCc2coc(-c3ccc(Cl)cc3)n2)c(C#N)c1-c1ccc(OCC(O)C(F)(F)F)cc1. The number of aromatic nitrogens is 2. The summed E-state index contributed by atoms with van der Waals surface area (Å²) in [6.07, 6.45) is -5.97. The fraction of sp³-hybridized carbons (Fsp3) is 0.154. The molecule has 198 valence electrons. The summed E-state index contributed by atoms with van der Waals surface area (Å²) in [5.74, 6) is 0.626. The molecule has 2 heterocycles. The third kappa shape index (κ3) is 6.44. The largest absolute Gasteiger partial charge is 0.491 e. The molecule has 2 aromatic carbocycles. The first kappa shape index (κ1) is 27.8. The molecule has 1 atom stereocenters. The number of anilines is 1. The molecular weight excluding hydrogens is 555 g/mol. The quantitative estimate of drug-likeness (QED) is 0.244. The van der Waals surface area contributed by atoms with Crippen molar-refractivity contribution in [2.75, 3.05) is 12.3 Å². The molecule has 0 radical (unpaired) electrons. The van der Waals surface area contributed by atoms with E-state index in [9.17, 15) is 23.7 Å². The van der Waals surface area contributed by atoms with Gasteiger partial charge in [-0.2, -0.15) is 23.7 Å². The molecule has 39 heavy (non-hydrogen) atoms. The molecule has 0 amide bonds. The van der Waals surface area contributed by atoms with E-state index in [-0.39, 0.29) is 39.0 Å². The van der Waals surface area contributed by atoms with Crippen molar-refractivity contribution in [3.8, 4) is 40.5 Å². The van der Waals surface area contributed by atoms with Crippen molar-refractivity contribution in [3.63, 3.8) is 0 Å². The standard InChI is InChI=1S/C26H17ClF3N5O3S/c27-16-5-1-15(2-6-16)24-34-17(11-38-24)13-39-25-20(10-32)22(19(9-31)23(33)35-25)14-3-7-18(8-4-14)37-12-21(36)26(28,29)30/h1-8,11,21,36H,12-13H2,(H2,33,35). The Morgan fingerprint density at radius 3 is 2.28 bits per heavy atom. The highest BCUT2D eigenvalue weighted by Gasteiger charge is 2.38. The lowest BCUT2D eigenvalue weighted by Crippen LogP contribution is -2.34. The van der Waals surface area contributed by atoms with Crippen molar-refractivity contribution in [1.82, 2.24) is 9.97 Å². The van der Waals surface area contributed by atoms with Gasteiger partial charge in [-0.1, -0.05) is 35.5 Å². The zero-order valence-corrected chi connectivity index (χ0v) is 21.3. The van der Waals surface area contributed by atoms with Crippen LogP contribution in [0.15, 0.2) is 64.2 Å². The first-order chi connectivity index (χ1) is 18.6. The fourth-order valence-electron chi connectivity index (χ4n) is 3.42. The number of rotatable bonds is 8. The number of benzene rings is 2. The molecule has 1 unspecified atom stereocenters. The van der Waals surface area contributed by atoms with E-state index in [0.717, 1.165) is 5.56 Å². The predicted molar refractivity (Wildman–Crippen MR) is 138 cm³/mol. The molecule has 0 spiro atoms. The monoisotopic (exact) mass is 571 g/mol. The average molecular weight is 572 g/mol. The number of nitrogen functional groups attached to an aromatic ring is 1. The number of hydrogen-bond acceptors (Lipinski definition) is 9. The lowest BCUT2D eigenvalue weighted by molar-refractivity contribution is -0.210. The normalized spacial score (nSPS) is 12.0. The van der Waals surface area contributed by atoms with E-state index in [1.807, 2.05) is 6.07 Å². The van der Waals surface area contributed by atoms with Crippen molar-refractivity contribution in [1.29, 1.82) is 10.5 Å². The molecule has 2 aromatic heterocycles. The zero-order chi connectivity index (χ0) is 28.2. The van der Waals surface area contributed by atoms with E-state index < -0.39 is 18.9 Å². The minimum atomic E-state index is -4.81. The number of nitriles is 2. The van der Waals surface area contributed by atoms with Crippen LogP contribution in [-0.4, -0.2) is 34.0 Å². The van der Waals surface area contributed by atoms with E-state index in [4.69, 9.17) is 31.6 Å². The maximum atomic E-state index is 12.5. The molecule has 0 bridgehead atoms. The van der Waals surface area contributed by atoms with Gasteiger partial charge in [0, 0.05) is 21.9 Å². The summed E-state index contributed by atoms with van der Waals surface area (Å²) in [4.78, 5) is 8.69. The summed E-state index contributed by atoms with van der Waals surface area (Å²) in [6, 6.07) is 16.6. The number of ether oxygens (including phenoxy) is 1. The summed E-state index contributed by atoms with van der Waals surface area (Å²) in [6.45, 7) is -0.986. The summed E-state index contributed by atoms with van der Waals surface area (Å²) in [5.41, 5.74) is 8.04. The van der Waals surface area contributed by atoms with E-state index in [1.165, 1.54) is 42.3 Å². The van der Waals surface area contributed by atoms with Gasteiger partial charge in [0.2, 0.25) is 5.89 Å². The Hall–Kier alpha value is -4.23.